The SMILES string of the molecule is Cc1ccc(-c2cc(C(F)(F)F)n3nc(-c4ccc(C)cc4)cc3n2)cc1. The predicted octanol–water partition coefficient (Wildman–Crippen LogP) is 5.70. The van der Waals surface area contributed by atoms with Gasteiger partial charge in [-0.3, -0.25) is 0 Å². The summed E-state index contributed by atoms with van der Waals surface area (Å²) < 4.78 is 41.8. The Labute approximate surface area is 154 Å². The van der Waals surface area contributed by atoms with Crippen LogP contribution in [0.5, 0.6) is 0 Å². The molecule has 3 nitrogen and oxygen atoms in total. The van der Waals surface area contributed by atoms with Crippen LogP contribution in [0.2, 0.25) is 0 Å². The lowest BCUT2D eigenvalue weighted by atomic mass is 10.1. The van der Waals surface area contributed by atoms with Crippen LogP contribution < -0.4 is 0 Å². The molecule has 27 heavy (non-hydrogen) atoms. The Morgan fingerprint density at radius 1 is 0.741 bits per heavy atom. The van der Waals surface area contributed by atoms with Crippen molar-refractivity contribution in [3.8, 4) is 22.5 Å². The Balaban J connectivity index is 1.93. The first-order chi connectivity index (χ1) is 12.8. The van der Waals surface area contributed by atoms with E-state index in [2.05, 4.69) is 10.1 Å². The molecule has 0 saturated carbocycles. The number of alkyl halides is 3. The number of aromatic nitrogens is 3. The lowest BCUT2D eigenvalue weighted by molar-refractivity contribution is -0.142. The number of hydrogen-bond donors (Lipinski definition) is 0. The number of fused-ring (bicyclic) bond motifs is 1. The molecule has 0 radical (unpaired) electrons. The van der Waals surface area contributed by atoms with Crippen molar-refractivity contribution in [1.29, 1.82) is 0 Å². The number of hydrogen-bond acceptors (Lipinski definition) is 2. The summed E-state index contributed by atoms with van der Waals surface area (Å²) in [5.74, 6) is 0. The van der Waals surface area contributed by atoms with Gasteiger partial charge in [0.15, 0.2) is 11.3 Å². The highest BCUT2D eigenvalue weighted by molar-refractivity contribution is 5.68. The Morgan fingerprint density at radius 2 is 1.26 bits per heavy atom. The molecule has 2 heterocycles. The van der Waals surface area contributed by atoms with Gasteiger partial charge in [-0.2, -0.15) is 18.3 Å². The molecule has 136 valence electrons. The summed E-state index contributed by atoms with van der Waals surface area (Å²) in [5, 5.41) is 4.16. The van der Waals surface area contributed by atoms with Crippen LogP contribution in [0.25, 0.3) is 28.2 Å². The van der Waals surface area contributed by atoms with Gasteiger partial charge in [0.2, 0.25) is 0 Å². The Morgan fingerprint density at radius 3 is 1.78 bits per heavy atom. The van der Waals surface area contributed by atoms with Crippen LogP contribution in [0, 0.1) is 13.8 Å². The molecule has 2 aromatic heterocycles. The molecule has 4 rings (SSSR count). The second-order valence-electron chi connectivity index (χ2n) is 6.56. The third kappa shape index (κ3) is 3.30. The molecular weight excluding hydrogens is 351 g/mol. The fourth-order valence-electron chi connectivity index (χ4n) is 2.91. The summed E-state index contributed by atoms with van der Waals surface area (Å²) in [6.45, 7) is 3.87. The largest absolute Gasteiger partial charge is 0.433 e. The summed E-state index contributed by atoms with van der Waals surface area (Å²) in [5.41, 5.74) is 3.51. The predicted molar refractivity (Wildman–Crippen MR) is 98.3 cm³/mol. The second kappa shape index (κ2) is 6.23. The first-order valence-corrected chi connectivity index (χ1v) is 8.43. The zero-order chi connectivity index (χ0) is 19.2. The highest BCUT2D eigenvalue weighted by Crippen LogP contribution is 2.33. The van der Waals surface area contributed by atoms with Crippen molar-refractivity contribution < 1.29 is 13.2 Å². The molecular formula is C21H16F3N3. The second-order valence-corrected chi connectivity index (χ2v) is 6.56. The standard InChI is InChI=1S/C21H16F3N3/c1-13-3-7-15(8-4-13)17-11-19(21(22,23)24)27-20(25-17)12-18(26-27)16-9-5-14(2)6-10-16/h3-12H,1-2H3. The van der Waals surface area contributed by atoms with Crippen molar-refractivity contribution in [3.63, 3.8) is 0 Å². The molecule has 0 aliphatic carbocycles. The summed E-state index contributed by atoms with van der Waals surface area (Å²) in [7, 11) is 0. The Bertz CT molecular complexity index is 1110. The maximum absolute atomic E-state index is 13.7. The van der Waals surface area contributed by atoms with Crippen molar-refractivity contribution in [2.75, 3.05) is 0 Å². The van der Waals surface area contributed by atoms with Gasteiger partial charge in [-0.25, -0.2) is 9.50 Å². The van der Waals surface area contributed by atoms with Gasteiger partial charge in [0, 0.05) is 17.2 Å². The summed E-state index contributed by atoms with van der Waals surface area (Å²) in [6, 6.07) is 17.3. The number of nitrogens with zero attached hydrogens (tertiary/aromatic N) is 3. The van der Waals surface area contributed by atoms with Crippen LogP contribution in [0.1, 0.15) is 16.8 Å². The minimum absolute atomic E-state index is 0.163. The lowest BCUT2D eigenvalue weighted by Crippen LogP contribution is -2.13. The van der Waals surface area contributed by atoms with E-state index in [4.69, 9.17) is 0 Å². The zero-order valence-corrected chi connectivity index (χ0v) is 14.7. The quantitative estimate of drug-likeness (QED) is 0.455. The molecule has 0 fully saturated rings. The fourth-order valence-corrected chi connectivity index (χ4v) is 2.91. The van der Waals surface area contributed by atoms with Crippen LogP contribution in [0.3, 0.4) is 0 Å². The van der Waals surface area contributed by atoms with Crippen LogP contribution in [0.4, 0.5) is 13.2 Å². The highest BCUT2D eigenvalue weighted by Gasteiger charge is 2.35. The molecule has 0 saturated heterocycles. The summed E-state index contributed by atoms with van der Waals surface area (Å²) >= 11 is 0. The third-order valence-corrected chi connectivity index (χ3v) is 4.41. The molecule has 2 aromatic carbocycles. The van der Waals surface area contributed by atoms with Gasteiger partial charge in [-0.1, -0.05) is 59.7 Å². The van der Waals surface area contributed by atoms with Gasteiger partial charge in [0.05, 0.1) is 11.4 Å². The monoisotopic (exact) mass is 367 g/mol. The van der Waals surface area contributed by atoms with E-state index in [-0.39, 0.29) is 11.3 Å². The molecule has 0 aliphatic rings. The summed E-state index contributed by atoms with van der Waals surface area (Å²) in [6.07, 6.45) is -4.54. The van der Waals surface area contributed by atoms with Crippen molar-refractivity contribution in [2.24, 2.45) is 0 Å². The van der Waals surface area contributed by atoms with Crippen molar-refractivity contribution >= 4 is 5.65 Å². The van der Waals surface area contributed by atoms with E-state index in [1.54, 1.807) is 18.2 Å². The smallest absolute Gasteiger partial charge is 0.228 e. The van der Waals surface area contributed by atoms with E-state index >= 15 is 0 Å². The van der Waals surface area contributed by atoms with E-state index in [9.17, 15) is 13.2 Å². The van der Waals surface area contributed by atoms with E-state index in [0.29, 0.717) is 11.3 Å². The van der Waals surface area contributed by atoms with E-state index in [1.165, 1.54) is 0 Å². The van der Waals surface area contributed by atoms with Crippen molar-refractivity contribution in [1.82, 2.24) is 14.6 Å². The molecule has 0 spiro atoms. The topological polar surface area (TPSA) is 30.2 Å². The Hall–Kier alpha value is -3.15. The van der Waals surface area contributed by atoms with Crippen LogP contribution in [-0.2, 0) is 6.18 Å². The minimum Gasteiger partial charge on any atom is -0.228 e. The van der Waals surface area contributed by atoms with Crippen LogP contribution in [-0.4, -0.2) is 14.6 Å². The van der Waals surface area contributed by atoms with Gasteiger partial charge in [0.25, 0.3) is 0 Å². The summed E-state index contributed by atoms with van der Waals surface area (Å²) in [4.78, 5) is 4.41. The maximum Gasteiger partial charge on any atom is 0.433 e. The molecule has 0 unspecified atom stereocenters. The Kier molecular flexibility index (Phi) is 3.98. The lowest BCUT2D eigenvalue weighted by Gasteiger charge is -2.11. The first-order valence-electron chi connectivity index (χ1n) is 8.43. The van der Waals surface area contributed by atoms with E-state index < -0.39 is 11.9 Å². The minimum atomic E-state index is -4.54. The van der Waals surface area contributed by atoms with E-state index in [1.807, 2.05) is 50.2 Å². The molecule has 4 aromatic rings. The normalized spacial score (nSPS) is 11.9. The van der Waals surface area contributed by atoms with Gasteiger partial charge < -0.3 is 0 Å². The van der Waals surface area contributed by atoms with Gasteiger partial charge in [-0.15, -0.1) is 0 Å². The molecule has 0 amide bonds. The number of aryl methyl sites for hydroxylation is 2. The molecule has 0 aliphatic heterocycles. The van der Waals surface area contributed by atoms with Gasteiger partial charge in [-0.05, 0) is 19.9 Å². The van der Waals surface area contributed by atoms with Gasteiger partial charge >= 0.3 is 6.18 Å². The average molecular weight is 367 g/mol. The molecule has 0 N–H and O–H groups in total. The van der Waals surface area contributed by atoms with Crippen LogP contribution in [0.15, 0.2) is 60.7 Å². The van der Waals surface area contributed by atoms with Crippen molar-refractivity contribution in [3.05, 3.63) is 77.5 Å². The van der Waals surface area contributed by atoms with Gasteiger partial charge in [0.1, 0.15) is 0 Å². The van der Waals surface area contributed by atoms with Crippen LogP contribution >= 0.6 is 0 Å². The number of rotatable bonds is 2. The maximum atomic E-state index is 13.7. The molecule has 6 heteroatoms. The highest BCUT2D eigenvalue weighted by atomic mass is 19.4. The third-order valence-electron chi connectivity index (χ3n) is 4.41. The zero-order valence-electron chi connectivity index (χ0n) is 14.7. The number of benzene rings is 2. The fraction of sp³-hybridized carbons (Fsp3) is 0.143. The van der Waals surface area contributed by atoms with E-state index in [0.717, 1.165) is 27.3 Å². The number of halogens is 3. The van der Waals surface area contributed by atoms with Crippen molar-refractivity contribution in [2.45, 2.75) is 20.0 Å². The average Bonchev–Trinajstić information content (AvgIpc) is 3.05. The first kappa shape index (κ1) is 17.3. The molecule has 0 bridgehead atoms. The molecule has 0 atom stereocenters.